The Balaban J connectivity index is 1.99. The number of hydrogen-bond acceptors (Lipinski definition) is 15. The Bertz CT molecular complexity index is 3130. The Morgan fingerprint density at radius 1 is 0.569 bits per heavy atom. The van der Waals surface area contributed by atoms with Gasteiger partial charge in [-0.3, -0.25) is 57.5 Å². The molecule has 0 spiro atoms. The topological polar surface area (TPSA) is 329 Å². The monoisotopic (exact) mass is 1450 g/mol. The van der Waals surface area contributed by atoms with Gasteiger partial charge in [0.15, 0.2) is 0 Å². The standard InChI is InChI=1S/C74H117ClN12O15/c1-17-32-87-44-63(92)82(13)60(41-52-28-25-29-53(75)40-52)72(99)84(15)58(38-47(5)6)68(95)77-55(45-102-36-35-88)70(97)83(14)57(37-46(3)4)67(94)76-54(71(98)86-33-23-20-24-34-86)42-61(90)80(11)43-62(91)81(12)56(31-30-51-26-21-19-22-27-51)66(93)78-64(49(9)18-2)73(100)85(16)59(39-48(7)8)69(96)79-65(50(10)89)74(87)101/h19,21-22,25-29,40,46-50,54-60,64-65,88-89H,17-18,20,23-24,30-39,41-45H2,1-16H3,(H,76,94)(H,77,95)(H,78,93)(H,79,96)/t49-,50+,54-,55-,56-,57-,58-,59-,60-,64-,65-/m0/s1. The first-order valence-electron chi connectivity index (χ1n) is 36.1. The number of nitrogens with one attached hydrogen (secondary N) is 4. The van der Waals surface area contributed by atoms with Crippen LogP contribution in [0.1, 0.15) is 145 Å². The lowest BCUT2D eigenvalue weighted by Gasteiger charge is -2.37. The smallest absolute Gasteiger partial charge is 0.248 e. The third kappa shape index (κ3) is 25.6. The normalized spacial score (nSPS) is 24.3. The van der Waals surface area contributed by atoms with Crippen LogP contribution in [0.2, 0.25) is 5.02 Å². The fraction of sp³-hybridized carbons (Fsp3) is 0.676. The first kappa shape index (κ1) is 86.7. The fourth-order valence-corrected chi connectivity index (χ4v) is 12.9. The van der Waals surface area contributed by atoms with Gasteiger partial charge in [-0.1, -0.05) is 123 Å². The van der Waals surface area contributed by atoms with E-state index in [0.29, 0.717) is 55.8 Å². The van der Waals surface area contributed by atoms with Gasteiger partial charge in [0.25, 0.3) is 0 Å². The van der Waals surface area contributed by atoms with Gasteiger partial charge in [0, 0.05) is 73.4 Å². The third-order valence-corrected chi connectivity index (χ3v) is 19.4. The van der Waals surface area contributed by atoms with Crippen LogP contribution >= 0.6 is 11.6 Å². The number of hydrogen-bond donors (Lipinski definition) is 6. The lowest BCUT2D eigenvalue weighted by atomic mass is 9.94. The van der Waals surface area contributed by atoms with Crippen LogP contribution in [0.3, 0.4) is 0 Å². The molecule has 0 aliphatic carbocycles. The molecule has 0 saturated carbocycles. The van der Waals surface area contributed by atoms with Crippen LogP contribution in [0.4, 0.5) is 0 Å². The van der Waals surface area contributed by atoms with Crippen molar-refractivity contribution in [2.24, 2.45) is 23.7 Å². The molecule has 0 unspecified atom stereocenters. The lowest BCUT2D eigenvalue weighted by Crippen LogP contribution is -2.62. The molecular weight excluding hydrogens is 1330 g/mol. The van der Waals surface area contributed by atoms with Crippen molar-refractivity contribution in [2.75, 3.05) is 94.8 Å². The van der Waals surface area contributed by atoms with E-state index in [1.807, 2.05) is 78.8 Å². The molecular formula is C74H117ClN12O15. The van der Waals surface area contributed by atoms with Crippen molar-refractivity contribution >= 4 is 82.5 Å². The Morgan fingerprint density at radius 2 is 1.08 bits per heavy atom. The van der Waals surface area contributed by atoms with Gasteiger partial charge >= 0.3 is 0 Å². The van der Waals surface area contributed by atoms with Crippen LogP contribution in [0.5, 0.6) is 0 Å². The molecule has 2 aromatic rings. The average molecular weight is 1450 g/mol. The van der Waals surface area contributed by atoms with Crippen molar-refractivity contribution in [3.63, 3.8) is 0 Å². The molecule has 2 saturated heterocycles. The molecule has 6 N–H and O–H groups in total. The van der Waals surface area contributed by atoms with Crippen LogP contribution < -0.4 is 21.3 Å². The number of halogens is 1. The Kier molecular flexibility index (Phi) is 35.8. The Labute approximate surface area is 608 Å². The molecule has 0 bridgehead atoms. The van der Waals surface area contributed by atoms with Gasteiger partial charge in [-0.2, -0.15) is 0 Å². The summed E-state index contributed by atoms with van der Waals surface area (Å²) in [6, 6.07) is 3.15. The molecule has 2 aliphatic rings. The Morgan fingerprint density at radius 3 is 1.62 bits per heavy atom. The van der Waals surface area contributed by atoms with E-state index in [9.17, 15) is 39.0 Å². The van der Waals surface area contributed by atoms with Gasteiger partial charge < -0.3 is 75.4 Å². The summed E-state index contributed by atoms with van der Waals surface area (Å²) >= 11 is 6.49. The number of aliphatic hydroxyl groups is 2. The largest absolute Gasteiger partial charge is 0.394 e. The second kappa shape index (κ2) is 42.1. The van der Waals surface area contributed by atoms with Crippen molar-refractivity contribution in [3.05, 3.63) is 70.7 Å². The highest BCUT2D eigenvalue weighted by molar-refractivity contribution is 6.30. The number of carbonyl (C=O) groups is 12. The number of benzene rings is 2. The van der Waals surface area contributed by atoms with Crippen LogP contribution in [0.15, 0.2) is 54.6 Å². The fourth-order valence-electron chi connectivity index (χ4n) is 12.7. The van der Waals surface area contributed by atoms with Crippen molar-refractivity contribution in [3.8, 4) is 0 Å². The first-order chi connectivity index (χ1) is 48.1. The van der Waals surface area contributed by atoms with E-state index in [0.717, 1.165) is 31.6 Å². The van der Waals surface area contributed by atoms with Crippen molar-refractivity contribution in [2.45, 2.75) is 207 Å². The van der Waals surface area contributed by atoms with E-state index in [-0.39, 0.29) is 63.0 Å². The van der Waals surface area contributed by atoms with Crippen molar-refractivity contribution < 1.29 is 72.5 Å². The molecule has 2 aliphatic heterocycles. The zero-order valence-electron chi connectivity index (χ0n) is 63.1. The van der Waals surface area contributed by atoms with E-state index >= 15 is 28.8 Å². The van der Waals surface area contributed by atoms with E-state index < -0.39 is 170 Å². The summed E-state index contributed by atoms with van der Waals surface area (Å²) < 4.78 is 5.72. The summed E-state index contributed by atoms with van der Waals surface area (Å²) in [4.78, 5) is 189. The summed E-state index contributed by atoms with van der Waals surface area (Å²) in [7, 11) is 8.26. The number of likely N-dealkylation sites (tertiary alicyclic amines) is 1. The molecule has 2 aromatic carbocycles. The van der Waals surface area contributed by atoms with Gasteiger partial charge in [-0.05, 0) is 112 Å². The summed E-state index contributed by atoms with van der Waals surface area (Å²) in [5.74, 6) is -10.4. The second-order valence-corrected chi connectivity index (χ2v) is 29.2. The number of aliphatic hydroxyl groups excluding tert-OH is 2. The number of rotatable bonds is 21. The van der Waals surface area contributed by atoms with Gasteiger partial charge in [-0.15, -0.1) is 0 Å². The van der Waals surface area contributed by atoms with Crippen molar-refractivity contribution in [1.29, 1.82) is 0 Å². The molecule has 2 heterocycles. The number of likely N-dealkylation sites (N-methyl/N-ethyl adjacent to an activating group) is 6. The van der Waals surface area contributed by atoms with Crippen LogP contribution in [0.25, 0.3) is 0 Å². The predicted octanol–water partition coefficient (Wildman–Crippen LogP) is 3.28. The third-order valence-electron chi connectivity index (χ3n) is 19.2. The number of carbonyl (C=O) groups excluding carboxylic acids is 12. The van der Waals surface area contributed by atoms with Gasteiger partial charge in [0.05, 0.1) is 45.4 Å². The van der Waals surface area contributed by atoms with Crippen LogP contribution in [-0.4, -0.2) is 276 Å². The SMILES string of the molecule is CCCN1CC(=O)N(C)[C@@H](Cc2cccc(Cl)c2)C(=O)N(C)[C@@H](CC(C)C)C(=O)N[C@@H](COCCO)C(=O)N(C)[C@@H](CC(C)C)C(=O)N[C@H](C(=O)N2CCCCC2)CC(=O)N(C)CC(=O)N(C)[C@@H](CCc2ccccc2)C(=O)N[C@@H]([C@@H](C)CC)C(=O)N(C)[C@@H](CC(C)C)C(=O)N[C@@H]([C@@H](C)O)C1=O. The number of amides is 12. The summed E-state index contributed by atoms with van der Waals surface area (Å²) in [5, 5.41) is 32.8. The van der Waals surface area contributed by atoms with E-state index in [1.54, 1.807) is 43.0 Å². The van der Waals surface area contributed by atoms with E-state index in [2.05, 4.69) is 21.3 Å². The predicted molar refractivity (Wildman–Crippen MR) is 387 cm³/mol. The minimum absolute atomic E-state index is 0.0156. The summed E-state index contributed by atoms with van der Waals surface area (Å²) in [5.41, 5.74) is 1.35. The maximum absolute atomic E-state index is 15.4. The Hall–Kier alpha value is -7.75. The maximum atomic E-state index is 15.4. The zero-order chi connectivity index (χ0) is 76.4. The van der Waals surface area contributed by atoms with Crippen molar-refractivity contribution in [1.82, 2.24) is 60.5 Å². The summed E-state index contributed by atoms with van der Waals surface area (Å²) in [6.07, 6.45) is 0.887. The molecule has 28 heteroatoms. The minimum Gasteiger partial charge on any atom is -0.394 e. The van der Waals surface area contributed by atoms with Gasteiger partial charge in [-0.25, -0.2) is 0 Å². The van der Waals surface area contributed by atoms with Crippen LogP contribution in [0, 0.1) is 23.7 Å². The lowest BCUT2D eigenvalue weighted by molar-refractivity contribution is -0.151. The summed E-state index contributed by atoms with van der Waals surface area (Å²) in [6.45, 7) is 15.6. The molecule has 11 atom stereocenters. The zero-order valence-corrected chi connectivity index (χ0v) is 63.8. The highest BCUT2D eigenvalue weighted by Gasteiger charge is 2.44. The molecule has 12 amide bonds. The van der Waals surface area contributed by atoms with Gasteiger partial charge in [0.1, 0.15) is 54.4 Å². The number of piperidine rings is 1. The molecule has 570 valence electrons. The molecule has 27 nitrogen and oxygen atoms in total. The molecule has 0 radical (unpaired) electrons. The maximum Gasteiger partial charge on any atom is 0.248 e. The average Bonchev–Trinajstić information content (AvgIpc) is 0.825. The van der Waals surface area contributed by atoms with E-state index in [1.165, 1.54) is 63.9 Å². The minimum atomic E-state index is -1.68. The quantitative estimate of drug-likeness (QED) is 0.0978. The van der Waals surface area contributed by atoms with Crippen LogP contribution in [-0.2, 0) is 75.1 Å². The molecule has 102 heavy (non-hydrogen) atoms. The number of ether oxygens (including phenoxy) is 1. The highest BCUT2D eigenvalue weighted by Crippen LogP contribution is 2.24. The van der Waals surface area contributed by atoms with Gasteiger partial charge in [0.2, 0.25) is 70.9 Å². The van der Waals surface area contributed by atoms with E-state index in [4.69, 9.17) is 16.3 Å². The highest BCUT2D eigenvalue weighted by atomic mass is 35.5. The molecule has 0 aromatic heterocycles. The first-order valence-corrected chi connectivity index (χ1v) is 36.5. The number of nitrogens with zero attached hydrogens (tertiary/aromatic N) is 8. The number of aryl methyl sites for hydroxylation is 1. The molecule has 4 rings (SSSR count). The second-order valence-electron chi connectivity index (χ2n) is 28.8. The molecule has 2 fully saturated rings.